The first-order valence-electron chi connectivity index (χ1n) is 2.86. The van der Waals surface area contributed by atoms with Crippen molar-refractivity contribution in [3.05, 3.63) is 16.3 Å². The van der Waals surface area contributed by atoms with Crippen molar-refractivity contribution in [2.45, 2.75) is 13.2 Å². The lowest BCUT2D eigenvalue weighted by atomic mass is 10.4. The Labute approximate surface area is 66.0 Å². The van der Waals surface area contributed by atoms with Gasteiger partial charge in [-0.05, 0) is 11.4 Å². The Morgan fingerprint density at radius 2 is 2.36 bits per heavy atom. The van der Waals surface area contributed by atoms with E-state index >= 15 is 0 Å². The summed E-state index contributed by atoms with van der Waals surface area (Å²) in [4.78, 5) is 0.422. The van der Waals surface area contributed by atoms with Crippen LogP contribution in [0.3, 0.4) is 0 Å². The van der Waals surface area contributed by atoms with E-state index in [0.717, 1.165) is 0 Å². The highest BCUT2D eigenvalue weighted by Crippen LogP contribution is 2.25. The third kappa shape index (κ3) is 2.13. The van der Waals surface area contributed by atoms with Crippen molar-refractivity contribution in [1.82, 2.24) is 0 Å². The molecule has 2 nitrogen and oxygen atoms in total. The second kappa shape index (κ2) is 3.64. The van der Waals surface area contributed by atoms with Crippen molar-refractivity contribution < 1.29 is 18.6 Å². The first-order valence-corrected chi connectivity index (χ1v) is 3.74. The molecule has 0 radical (unpaired) electrons. The van der Waals surface area contributed by atoms with Crippen molar-refractivity contribution in [2.24, 2.45) is 0 Å². The smallest absolute Gasteiger partial charge is 0.387 e. The first-order chi connectivity index (χ1) is 5.24. The molecular weight excluding hydrogens is 174 g/mol. The molecule has 0 bridgehead atoms. The summed E-state index contributed by atoms with van der Waals surface area (Å²) in [6.07, 6.45) is 0. The molecule has 0 saturated carbocycles. The van der Waals surface area contributed by atoms with Gasteiger partial charge in [-0.2, -0.15) is 8.78 Å². The minimum Gasteiger partial charge on any atom is -0.434 e. The molecule has 0 aliphatic rings. The van der Waals surface area contributed by atoms with Gasteiger partial charge in [-0.25, -0.2) is 0 Å². The third-order valence-electron chi connectivity index (χ3n) is 1.06. The van der Waals surface area contributed by atoms with Crippen molar-refractivity contribution in [2.75, 3.05) is 0 Å². The minimum absolute atomic E-state index is 0.0625. The van der Waals surface area contributed by atoms with Crippen LogP contribution in [-0.4, -0.2) is 11.7 Å². The van der Waals surface area contributed by atoms with Gasteiger partial charge in [0.05, 0.1) is 11.5 Å². The van der Waals surface area contributed by atoms with E-state index in [0.29, 0.717) is 4.88 Å². The maximum absolute atomic E-state index is 11.6. The fourth-order valence-electron chi connectivity index (χ4n) is 0.645. The van der Waals surface area contributed by atoms with Crippen LogP contribution in [0.15, 0.2) is 11.4 Å². The van der Waals surface area contributed by atoms with Crippen LogP contribution in [-0.2, 0) is 6.61 Å². The number of hydrogen-bond donors (Lipinski definition) is 1. The van der Waals surface area contributed by atoms with Gasteiger partial charge in [0.2, 0.25) is 0 Å². The summed E-state index contributed by atoms with van der Waals surface area (Å²) in [5, 5.41) is 10.2. The Morgan fingerprint density at radius 1 is 1.64 bits per heavy atom. The number of halogens is 2. The van der Waals surface area contributed by atoms with Crippen molar-refractivity contribution >= 4 is 11.3 Å². The molecule has 62 valence electrons. The molecule has 1 N–H and O–H groups in total. The molecule has 1 rings (SSSR count). The molecule has 0 atom stereocenters. The molecule has 0 aliphatic heterocycles. The highest BCUT2D eigenvalue weighted by molar-refractivity contribution is 7.10. The summed E-state index contributed by atoms with van der Waals surface area (Å²) in [5.41, 5.74) is 0. The number of thiophene rings is 1. The molecule has 0 saturated heterocycles. The van der Waals surface area contributed by atoms with Gasteiger partial charge >= 0.3 is 6.61 Å². The second-order valence-electron chi connectivity index (χ2n) is 1.74. The minimum atomic E-state index is -2.82. The predicted molar refractivity (Wildman–Crippen MR) is 36.9 cm³/mol. The monoisotopic (exact) mass is 180 g/mol. The van der Waals surface area contributed by atoms with Gasteiger partial charge in [-0.1, -0.05) is 0 Å². The molecule has 0 spiro atoms. The van der Waals surface area contributed by atoms with Crippen LogP contribution < -0.4 is 4.74 Å². The molecule has 0 amide bonds. The lowest BCUT2D eigenvalue weighted by molar-refractivity contribution is -0.0505. The topological polar surface area (TPSA) is 29.5 Å². The average molecular weight is 180 g/mol. The van der Waals surface area contributed by atoms with Gasteiger partial charge in [0.15, 0.2) is 0 Å². The SMILES string of the molecule is OCc1sccc1OC(F)F. The van der Waals surface area contributed by atoms with Gasteiger partial charge < -0.3 is 9.84 Å². The molecule has 0 unspecified atom stereocenters. The van der Waals surface area contributed by atoms with E-state index in [1.54, 1.807) is 5.38 Å². The first kappa shape index (κ1) is 8.42. The number of rotatable bonds is 3. The van der Waals surface area contributed by atoms with E-state index < -0.39 is 6.61 Å². The average Bonchev–Trinajstić information content (AvgIpc) is 2.34. The highest BCUT2D eigenvalue weighted by Gasteiger charge is 2.09. The Kier molecular flexibility index (Phi) is 2.78. The third-order valence-corrected chi connectivity index (χ3v) is 1.95. The summed E-state index contributed by atoms with van der Waals surface area (Å²) < 4.78 is 27.3. The molecule has 0 fully saturated rings. The zero-order valence-electron chi connectivity index (χ0n) is 5.46. The summed E-state index contributed by atoms with van der Waals surface area (Å²) in [6, 6.07) is 1.41. The zero-order chi connectivity index (χ0) is 8.27. The largest absolute Gasteiger partial charge is 0.434 e. The van der Waals surface area contributed by atoms with Gasteiger partial charge in [-0.15, -0.1) is 11.3 Å². The van der Waals surface area contributed by atoms with Crippen LogP contribution in [0.5, 0.6) is 5.75 Å². The number of hydrogen-bond acceptors (Lipinski definition) is 3. The lowest BCUT2D eigenvalue weighted by Gasteiger charge is -2.02. The highest BCUT2D eigenvalue weighted by atomic mass is 32.1. The number of ether oxygens (including phenoxy) is 1. The lowest BCUT2D eigenvalue weighted by Crippen LogP contribution is -2.02. The molecule has 1 heterocycles. The molecule has 1 aromatic heterocycles. The van der Waals surface area contributed by atoms with Crippen molar-refractivity contribution in [3.8, 4) is 5.75 Å². The maximum Gasteiger partial charge on any atom is 0.387 e. The van der Waals surface area contributed by atoms with E-state index in [1.165, 1.54) is 17.4 Å². The van der Waals surface area contributed by atoms with Crippen LogP contribution in [0.25, 0.3) is 0 Å². The fraction of sp³-hybridized carbons (Fsp3) is 0.333. The summed E-state index contributed by atoms with van der Waals surface area (Å²) >= 11 is 1.18. The number of aliphatic hydroxyl groups excluding tert-OH is 1. The second-order valence-corrected chi connectivity index (χ2v) is 2.75. The Balaban J connectivity index is 2.68. The van der Waals surface area contributed by atoms with Crippen LogP contribution in [0.4, 0.5) is 8.78 Å². The van der Waals surface area contributed by atoms with Crippen LogP contribution in [0.2, 0.25) is 0 Å². The Hall–Kier alpha value is -0.680. The standard InChI is InChI=1S/C6H6F2O2S/c7-6(8)10-4-1-2-11-5(4)3-9/h1-2,6,9H,3H2. The molecule has 11 heavy (non-hydrogen) atoms. The van der Waals surface area contributed by atoms with Gasteiger partial charge in [0, 0.05) is 0 Å². The predicted octanol–water partition coefficient (Wildman–Crippen LogP) is 1.84. The van der Waals surface area contributed by atoms with Gasteiger partial charge in [0.25, 0.3) is 0 Å². The van der Waals surface area contributed by atoms with E-state index in [9.17, 15) is 8.78 Å². The van der Waals surface area contributed by atoms with E-state index in [2.05, 4.69) is 4.74 Å². The van der Waals surface area contributed by atoms with Crippen LogP contribution in [0, 0.1) is 0 Å². The number of alkyl halides is 2. The molecule has 0 aromatic carbocycles. The molecular formula is C6H6F2O2S. The normalized spacial score (nSPS) is 10.5. The fourth-order valence-corrected chi connectivity index (χ4v) is 1.31. The van der Waals surface area contributed by atoms with Crippen LogP contribution >= 0.6 is 11.3 Å². The van der Waals surface area contributed by atoms with Gasteiger partial charge in [0.1, 0.15) is 5.75 Å². The molecule has 5 heteroatoms. The summed E-state index contributed by atoms with van der Waals surface area (Å²) in [7, 11) is 0. The number of aliphatic hydroxyl groups is 1. The zero-order valence-corrected chi connectivity index (χ0v) is 6.28. The summed E-state index contributed by atoms with van der Waals surface area (Å²) in [5.74, 6) is 0.0625. The van der Waals surface area contributed by atoms with Crippen LogP contribution in [0.1, 0.15) is 4.88 Å². The summed E-state index contributed by atoms with van der Waals surface area (Å²) in [6.45, 7) is -3.09. The van der Waals surface area contributed by atoms with E-state index in [1.807, 2.05) is 0 Å². The molecule has 1 aromatic rings. The van der Waals surface area contributed by atoms with Crippen molar-refractivity contribution in [3.63, 3.8) is 0 Å². The van der Waals surface area contributed by atoms with E-state index in [4.69, 9.17) is 5.11 Å². The quantitative estimate of drug-likeness (QED) is 0.769. The Bertz CT molecular complexity index is 224. The maximum atomic E-state index is 11.6. The van der Waals surface area contributed by atoms with Gasteiger partial charge in [-0.3, -0.25) is 0 Å². The van der Waals surface area contributed by atoms with E-state index in [-0.39, 0.29) is 12.4 Å². The Morgan fingerprint density at radius 3 is 2.91 bits per heavy atom. The molecule has 0 aliphatic carbocycles. The van der Waals surface area contributed by atoms with Crippen molar-refractivity contribution in [1.29, 1.82) is 0 Å².